The zero-order chi connectivity index (χ0) is 90.1. The van der Waals surface area contributed by atoms with Crippen molar-refractivity contribution < 1.29 is 0 Å². The smallest absolute Gasteiger partial charge is 0.119 e. The van der Waals surface area contributed by atoms with Gasteiger partial charge in [0, 0.05) is 89.2 Å². The van der Waals surface area contributed by atoms with Gasteiger partial charge in [-0.1, -0.05) is 361 Å². The number of unbranched alkanes of at least 4 members (excludes halogenated alkanes) is 35. The molecule has 10 heterocycles. The Morgan fingerprint density at radius 3 is 0.791 bits per heavy atom. The molecule has 12 aromatic rings. The largest absolute Gasteiger partial charge is 0.172 e. The summed E-state index contributed by atoms with van der Waals surface area (Å²) in [6.07, 6.45) is 67.8. The summed E-state index contributed by atoms with van der Waals surface area (Å²) in [4.78, 5) is 23.8. The maximum absolute atomic E-state index is 5.35. The van der Waals surface area contributed by atoms with E-state index in [1.54, 1.807) is 69.5 Å². The van der Waals surface area contributed by atoms with Crippen LogP contribution >= 0.6 is 102 Å². The number of aryl methyl sites for hydroxylation is 10. The van der Waals surface area contributed by atoms with Crippen LogP contribution < -0.4 is 10.4 Å². The van der Waals surface area contributed by atoms with E-state index < -0.39 is 8.07 Å². The second kappa shape index (κ2) is 53.7. The van der Waals surface area contributed by atoms with E-state index in [1.165, 1.54) is 422 Å². The van der Waals surface area contributed by atoms with Gasteiger partial charge in [-0.05, 0) is 249 Å². The topological polar surface area (TPSA) is 25.8 Å². The van der Waals surface area contributed by atoms with E-state index in [4.69, 9.17) is 8.75 Å². The van der Waals surface area contributed by atoms with E-state index in [0.717, 1.165) is 49.6 Å². The number of benzene rings is 3. The Labute approximate surface area is 821 Å². The van der Waals surface area contributed by atoms with E-state index in [9.17, 15) is 0 Å². The van der Waals surface area contributed by atoms with Crippen molar-refractivity contribution in [2.75, 3.05) is 0 Å². The Bertz CT molecular complexity index is 5330. The third-order valence-electron chi connectivity index (χ3n) is 28.3. The van der Waals surface area contributed by atoms with Crippen molar-refractivity contribution in [2.45, 2.75) is 435 Å². The van der Waals surface area contributed by atoms with Crippen molar-refractivity contribution in [2.24, 2.45) is 0 Å². The molecule has 1 aliphatic heterocycles. The SMILES string of the molecule is CCCCCCCCC[Si]1(CCCCCCCC)c2cc(C)ccc2-c2ccc(-c3sc(-c4sc(-c5sc(-c6sc(-c7ccc(-c8cc(CCCCCC)c(-c9cc(CCCCCC)c(-c%10cc(CCCCCC)c(-c%11cc(CCCCCC)c(C)s%11)s%10)s9)s8)c8nsnc78)cc6CCCCCC)cc5CCCCCC)cc4CCCCCC)cc3CCCCCC)cc21. The van der Waals surface area contributed by atoms with Crippen molar-refractivity contribution in [1.82, 2.24) is 8.75 Å². The first kappa shape index (κ1) is 102. The molecular weight excluding hydrogens is 1750 g/mol. The van der Waals surface area contributed by atoms with Crippen LogP contribution in [-0.4, -0.2) is 16.8 Å². The van der Waals surface area contributed by atoms with Crippen LogP contribution in [0.5, 0.6) is 0 Å². The predicted molar refractivity (Wildman–Crippen MR) is 593 cm³/mol. The predicted octanol–water partition coefficient (Wildman–Crippen LogP) is 41.4. The molecule has 9 aromatic heterocycles. The van der Waals surface area contributed by atoms with Crippen LogP contribution in [0.15, 0.2) is 97.1 Å². The van der Waals surface area contributed by atoms with Gasteiger partial charge in [-0.25, -0.2) is 0 Å². The van der Waals surface area contributed by atoms with Crippen molar-refractivity contribution >= 4 is 132 Å². The van der Waals surface area contributed by atoms with Crippen LogP contribution in [0.1, 0.15) is 413 Å². The van der Waals surface area contributed by atoms with Crippen LogP contribution in [0, 0.1) is 13.8 Å². The van der Waals surface area contributed by atoms with Gasteiger partial charge >= 0.3 is 0 Å². The lowest BCUT2D eigenvalue weighted by Crippen LogP contribution is -2.55. The molecule has 2 nitrogen and oxygen atoms in total. The minimum absolute atomic E-state index is 1.06. The molecule has 3 aromatic carbocycles. The van der Waals surface area contributed by atoms with Crippen LogP contribution in [0.2, 0.25) is 12.1 Å². The molecule has 0 saturated heterocycles. The zero-order valence-electron chi connectivity index (χ0n) is 82.2. The fourth-order valence-electron chi connectivity index (χ4n) is 20.7. The molecule has 698 valence electrons. The summed E-state index contributed by atoms with van der Waals surface area (Å²) in [5, 5.41) is 3.55. The van der Waals surface area contributed by atoms with Gasteiger partial charge in [-0.15, -0.1) is 90.7 Å². The van der Waals surface area contributed by atoms with Gasteiger partial charge in [-0.2, -0.15) is 8.75 Å². The molecule has 129 heavy (non-hydrogen) atoms. The summed E-state index contributed by atoms with van der Waals surface area (Å²) in [6, 6.07) is 44.8. The molecule has 13 rings (SSSR count). The molecule has 0 bridgehead atoms. The minimum Gasteiger partial charge on any atom is -0.172 e. The van der Waals surface area contributed by atoms with Crippen LogP contribution in [0.25, 0.3) is 112 Å². The van der Waals surface area contributed by atoms with Gasteiger partial charge in [0.25, 0.3) is 0 Å². The zero-order valence-corrected chi connectivity index (χ0v) is 90.5. The third-order valence-corrected chi connectivity index (χ3v) is 44.7. The van der Waals surface area contributed by atoms with E-state index in [2.05, 4.69) is 248 Å². The van der Waals surface area contributed by atoms with Crippen molar-refractivity contribution in [3.8, 4) is 101 Å². The minimum atomic E-state index is -2.12. The Hall–Kier alpha value is -4.70. The molecule has 0 spiro atoms. The first-order chi connectivity index (χ1) is 63.4. The number of thiophene rings is 8. The summed E-state index contributed by atoms with van der Waals surface area (Å²) in [7, 11) is -2.12. The molecule has 0 aliphatic carbocycles. The second-order valence-electron chi connectivity index (χ2n) is 38.8. The summed E-state index contributed by atoms with van der Waals surface area (Å²) < 4.78 is 10.7. The van der Waals surface area contributed by atoms with Crippen molar-refractivity contribution in [1.29, 1.82) is 0 Å². The monoisotopic (exact) mass is 1910 g/mol. The van der Waals surface area contributed by atoms with Crippen LogP contribution in [0.3, 0.4) is 0 Å². The van der Waals surface area contributed by atoms with Crippen molar-refractivity contribution in [3.05, 3.63) is 152 Å². The van der Waals surface area contributed by atoms with Crippen LogP contribution in [-0.2, 0) is 51.4 Å². The Kier molecular flexibility index (Phi) is 42.3. The number of rotatable bonds is 64. The Morgan fingerprint density at radius 2 is 0.457 bits per heavy atom. The summed E-state index contributed by atoms with van der Waals surface area (Å²) in [6.45, 7) is 28.4. The highest BCUT2D eigenvalue weighted by molar-refractivity contribution is 7.30. The van der Waals surface area contributed by atoms with Gasteiger partial charge in [0.2, 0.25) is 0 Å². The highest BCUT2D eigenvalue weighted by Crippen LogP contribution is 2.55. The number of hydrogen-bond acceptors (Lipinski definition) is 11. The highest BCUT2D eigenvalue weighted by Gasteiger charge is 2.45. The lowest BCUT2D eigenvalue weighted by Gasteiger charge is -2.31. The molecular formula is C117H162N2S9Si. The van der Waals surface area contributed by atoms with E-state index in [1.807, 2.05) is 22.7 Å². The third kappa shape index (κ3) is 27.0. The average molecular weight is 1910 g/mol. The Morgan fingerprint density at radius 1 is 0.217 bits per heavy atom. The summed E-state index contributed by atoms with van der Waals surface area (Å²) >= 11 is 18.2. The fraction of sp³-hybridized carbons (Fsp3) is 0.573. The molecule has 0 saturated carbocycles. The molecule has 0 radical (unpaired) electrons. The molecule has 1 aliphatic rings. The first-order valence-corrected chi connectivity index (χ1v) is 62.6. The van der Waals surface area contributed by atoms with Gasteiger partial charge in [-0.3, -0.25) is 0 Å². The second-order valence-corrected chi connectivity index (χ2v) is 52.2. The molecule has 0 amide bonds. The van der Waals surface area contributed by atoms with E-state index >= 15 is 0 Å². The maximum atomic E-state index is 5.35. The average Bonchev–Trinajstić information content (AvgIpc) is 1.56. The molecule has 0 fully saturated rings. The number of aromatic nitrogens is 2. The summed E-state index contributed by atoms with van der Waals surface area (Å²) in [5.41, 5.74) is 23.2. The quantitative estimate of drug-likeness (QED) is 0.0280. The number of fused-ring (bicyclic) bond motifs is 4. The number of hydrogen-bond donors (Lipinski definition) is 0. The van der Waals surface area contributed by atoms with E-state index in [0.29, 0.717) is 0 Å². The lowest BCUT2D eigenvalue weighted by molar-refractivity contribution is 0.599. The maximum Gasteiger partial charge on any atom is 0.119 e. The number of nitrogens with zero attached hydrogens (tertiary/aromatic N) is 2. The highest BCUT2D eigenvalue weighted by atomic mass is 32.1. The lowest BCUT2D eigenvalue weighted by atomic mass is 9.99. The standard InChI is InChI=1S/C117H162N2S9Si/c1-13-23-33-43-45-47-57-73-129(72-56-46-44-34-24-14-2)107-74-84(11)66-68-95(107)96-69-67-94(83-108(96)129)111-87(59-49-36-26-16-4)78-102(123-111)115-91(63-53-40-30-20-8)82-106(127-115)117-93(65-55-42-32-22-10)81-104(126-117)114-89(61-51-38-28-18-6)77-100(122-114)98-71-70-97(109-110(98)119-128-118-109)99-76-88(60-50-37-27-17-5)113(121-99)103-80-92(64-54-41-31-21-9)116(125-103)105-79-90(62-52-39-29-19-7)112(124-105)101-75-86(85(12)120-101)58-48-35-25-15-3/h66-71,74-83H,13-65,72-73H2,1-12H3. The van der Waals surface area contributed by atoms with Crippen LogP contribution in [0.4, 0.5) is 0 Å². The normalized spacial score (nSPS) is 13.3. The Balaban J connectivity index is 0.873. The van der Waals surface area contributed by atoms with Gasteiger partial charge < -0.3 is 0 Å². The fourth-order valence-corrected chi connectivity index (χ4v) is 37.4. The molecule has 1 unspecified atom stereocenters. The van der Waals surface area contributed by atoms with Gasteiger partial charge in [0.1, 0.15) is 19.1 Å². The van der Waals surface area contributed by atoms with Gasteiger partial charge in [0.05, 0.1) is 11.7 Å². The molecule has 1 atom stereocenters. The molecule has 12 heteroatoms. The van der Waals surface area contributed by atoms with Gasteiger partial charge in [0.15, 0.2) is 0 Å². The molecule has 0 N–H and O–H groups in total. The summed E-state index contributed by atoms with van der Waals surface area (Å²) in [5.74, 6) is 0. The first-order valence-electron chi connectivity index (χ1n) is 52.9. The van der Waals surface area contributed by atoms with Crippen molar-refractivity contribution in [3.63, 3.8) is 0 Å². The van der Waals surface area contributed by atoms with E-state index in [-0.39, 0.29) is 0 Å².